The summed E-state index contributed by atoms with van der Waals surface area (Å²) >= 11 is 0. The topological polar surface area (TPSA) is 124 Å². The third kappa shape index (κ3) is 4.10. The molecular weight excluding hydrogens is 400 g/mol. The third-order valence-corrected chi connectivity index (χ3v) is 4.49. The number of furan rings is 1. The van der Waals surface area contributed by atoms with Gasteiger partial charge in [-0.1, -0.05) is 47.6 Å². The van der Waals surface area contributed by atoms with Crippen LogP contribution >= 0.6 is 0 Å². The number of amides is 1. The summed E-state index contributed by atoms with van der Waals surface area (Å²) < 4.78 is 10.8. The van der Waals surface area contributed by atoms with Gasteiger partial charge in [-0.2, -0.15) is 5.10 Å². The fraction of sp³-hybridized carbons (Fsp3) is 0.0455. The van der Waals surface area contributed by atoms with Crippen molar-refractivity contribution in [3.63, 3.8) is 0 Å². The molecule has 31 heavy (non-hydrogen) atoms. The van der Waals surface area contributed by atoms with Gasteiger partial charge in [-0.15, -0.1) is 0 Å². The molecule has 0 saturated carbocycles. The minimum Gasteiger partial charge on any atom is -0.455 e. The van der Waals surface area contributed by atoms with E-state index in [1.807, 2.05) is 30.3 Å². The third-order valence-electron chi connectivity index (χ3n) is 4.49. The smallest absolute Gasteiger partial charge is 0.280 e. The molecule has 0 spiro atoms. The molecule has 0 aliphatic rings. The lowest BCUT2D eigenvalue weighted by Crippen LogP contribution is -2.18. The molecule has 0 radical (unpaired) electrons. The molecule has 0 atom stereocenters. The van der Waals surface area contributed by atoms with Gasteiger partial charge in [-0.3, -0.25) is 14.9 Å². The number of benzene rings is 2. The largest absolute Gasteiger partial charge is 0.455 e. The van der Waals surface area contributed by atoms with Crippen LogP contribution in [0.1, 0.15) is 21.9 Å². The Morgan fingerprint density at radius 2 is 1.84 bits per heavy atom. The summed E-state index contributed by atoms with van der Waals surface area (Å²) in [6.45, 7) is 1.64. The number of nitro groups is 1. The van der Waals surface area contributed by atoms with Crippen molar-refractivity contribution in [3.8, 4) is 22.6 Å². The van der Waals surface area contributed by atoms with Crippen LogP contribution in [0.15, 0.2) is 80.8 Å². The molecule has 0 saturated heterocycles. The van der Waals surface area contributed by atoms with E-state index in [1.54, 1.807) is 37.3 Å². The first-order chi connectivity index (χ1) is 15.0. The number of hydrazone groups is 1. The predicted octanol–water partition coefficient (Wildman–Crippen LogP) is 4.58. The summed E-state index contributed by atoms with van der Waals surface area (Å²) in [5.41, 5.74) is 4.16. The zero-order valence-electron chi connectivity index (χ0n) is 16.3. The number of nitro benzene ring substituents is 1. The highest BCUT2D eigenvalue weighted by atomic mass is 16.6. The number of hydrogen-bond acceptors (Lipinski definition) is 7. The maximum Gasteiger partial charge on any atom is 0.280 e. The molecule has 0 fully saturated rings. The van der Waals surface area contributed by atoms with Gasteiger partial charge < -0.3 is 8.94 Å². The quantitative estimate of drug-likeness (QED) is 0.279. The highest BCUT2D eigenvalue weighted by Gasteiger charge is 2.21. The van der Waals surface area contributed by atoms with E-state index in [4.69, 9.17) is 8.94 Å². The van der Waals surface area contributed by atoms with E-state index in [2.05, 4.69) is 15.7 Å². The van der Waals surface area contributed by atoms with Gasteiger partial charge in [0.2, 0.25) is 0 Å². The Hall–Kier alpha value is -4.53. The van der Waals surface area contributed by atoms with Crippen LogP contribution in [0.25, 0.3) is 22.6 Å². The fourth-order valence-corrected chi connectivity index (χ4v) is 3.05. The normalized spacial score (nSPS) is 11.0. The Labute approximate surface area is 176 Å². The van der Waals surface area contributed by atoms with Crippen molar-refractivity contribution in [2.45, 2.75) is 6.92 Å². The lowest BCUT2D eigenvalue weighted by atomic mass is 10.1. The first-order valence-electron chi connectivity index (χ1n) is 9.23. The van der Waals surface area contributed by atoms with E-state index < -0.39 is 10.8 Å². The summed E-state index contributed by atoms with van der Waals surface area (Å²) in [5.74, 6) is 0.516. The van der Waals surface area contributed by atoms with Crippen molar-refractivity contribution in [3.05, 3.63) is 93.9 Å². The van der Waals surface area contributed by atoms with Gasteiger partial charge in [0, 0.05) is 11.6 Å². The molecule has 4 rings (SSSR count). The number of nitrogens with zero attached hydrogens (tertiary/aromatic N) is 3. The van der Waals surface area contributed by atoms with Crippen LogP contribution in [0.2, 0.25) is 0 Å². The number of para-hydroxylation sites is 1. The molecule has 1 N–H and O–H groups in total. The molecule has 9 nitrogen and oxygen atoms in total. The Bertz CT molecular complexity index is 1270. The van der Waals surface area contributed by atoms with E-state index in [1.165, 1.54) is 12.3 Å². The second-order valence-electron chi connectivity index (χ2n) is 6.50. The zero-order chi connectivity index (χ0) is 21.8. The first-order valence-corrected chi connectivity index (χ1v) is 9.23. The van der Waals surface area contributed by atoms with Gasteiger partial charge in [-0.25, -0.2) is 5.43 Å². The Kier molecular flexibility index (Phi) is 5.39. The van der Waals surface area contributed by atoms with Gasteiger partial charge >= 0.3 is 0 Å². The summed E-state index contributed by atoms with van der Waals surface area (Å²) in [6.07, 6.45) is 1.31. The van der Waals surface area contributed by atoms with Crippen molar-refractivity contribution >= 4 is 17.8 Å². The fourth-order valence-electron chi connectivity index (χ4n) is 3.05. The average Bonchev–Trinajstić information content (AvgIpc) is 3.41. The highest BCUT2D eigenvalue weighted by molar-refractivity contribution is 6.01. The van der Waals surface area contributed by atoms with E-state index in [-0.39, 0.29) is 11.3 Å². The number of aryl methyl sites for hydroxylation is 1. The van der Waals surface area contributed by atoms with Crippen LogP contribution in [-0.2, 0) is 0 Å². The Morgan fingerprint density at radius 1 is 1.10 bits per heavy atom. The number of nitrogens with one attached hydrogen (secondary N) is 1. The van der Waals surface area contributed by atoms with Gasteiger partial charge in [0.15, 0.2) is 0 Å². The van der Waals surface area contributed by atoms with Crippen LogP contribution < -0.4 is 5.43 Å². The molecule has 2 aromatic carbocycles. The number of rotatable bonds is 6. The molecule has 2 heterocycles. The second kappa shape index (κ2) is 8.46. The molecule has 154 valence electrons. The standard InChI is InChI=1S/C22H16N4O5/c1-14-20(21(25-31-14)15-7-3-2-4-8-15)22(27)24-23-13-16-11-12-19(30-16)17-9-5-6-10-18(17)26(28)29/h2-13H,1H3,(H,24,27)/b23-13+. The summed E-state index contributed by atoms with van der Waals surface area (Å²) in [5, 5.41) is 19.1. The van der Waals surface area contributed by atoms with Crippen molar-refractivity contribution in [1.82, 2.24) is 10.6 Å². The van der Waals surface area contributed by atoms with Crippen LogP contribution in [0.4, 0.5) is 5.69 Å². The molecule has 0 aliphatic heterocycles. The van der Waals surface area contributed by atoms with Gasteiger partial charge in [0.25, 0.3) is 11.6 Å². The van der Waals surface area contributed by atoms with Gasteiger partial charge in [-0.05, 0) is 25.1 Å². The van der Waals surface area contributed by atoms with E-state index in [0.29, 0.717) is 28.5 Å². The second-order valence-corrected chi connectivity index (χ2v) is 6.50. The number of aromatic nitrogens is 1. The van der Waals surface area contributed by atoms with Gasteiger partial charge in [0.05, 0.1) is 16.7 Å². The van der Waals surface area contributed by atoms with Crippen LogP contribution in [0.3, 0.4) is 0 Å². The minimum atomic E-state index is -0.487. The van der Waals surface area contributed by atoms with Gasteiger partial charge in [0.1, 0.15) is 28.5 Å². The highest BCUT2D eigenvalue weighted by Crippen LogP contribution is 2.30. The van der Waals surface area contributed by atoms with E-state index in [9.17, 15) is 14.9 Å². The number of hydrogen-bond donors (Lipinski definition) is 1. The molecule has 0 unspecified atom stereocenters. The van der Waals surface area contributed by atoms with Crippen LogP contribution in [0, 0.1) is 17.0 Å². The summed E-state index contributed by atoms with van der Waals surface area (Å²) in [7, 11) is 0. The Balaban J connectivity index is 1.51. The monoisotopic (exact) mass is 416 g/mol. The summed E-state index contributed by atoms with van der Waals surface area (Å²) in [6, 6.07) is 18.7. The molecule has 0 aliphatic carbocycles. The molecule has 2 aromatic heterocycles. The van der Waals surface area contributed by atoms with Crippen LogP contribution in [0.5, 0.6) is 0 Å². The van der Waals surface area contributed by atoms with Crippen molar-refractivity contribution < 1.29 is 18.7 Å². The Morgan fingerprint density at radius 3 is 2.61 bits per heavy atom. The van der Waals surface area contributed by atoms with Crippen molar-refractivity contribution in [2.75, 3.05) is 0 Å². The lowest BCUT2D eigenvalue weighted by molar-refractivity contribution is -0.384. The molecule has 1 amide bonds. The van der Waals surface area contributed by atoms with Crippen molar-refractivity contribution in [2.24, 2.45) is 5.10 Å². The first kappa shape index (κ1) is 19.8. The van der Waals surface area contributed by atoms with Crippen molar-refractivity contribution in [1.29, 1.82) is 0 Å². The number of carbonyl (C=O) groups is 1. The molecule has 9 heteroatoms. The predicted molar refractivity (Wildman–Crippen MR) is 113 cm³/mol. The lowest BCUT2D eigenvalue weighted by Gasteiger charge is -2.01. The maximum atomic E-state index is 12.6. The van der Waals surface area contributed by atoms with Crippen LogP contribution in [-0.4, -0.2) is 22.2 Å². The van der Waals surface area contributed by atoms with E-state index >= 15 is 0 Å². The number of carbonyl (C=O) groups excluding carboxylic acids is 1. The molecular formula is C22H16N4O5. The van der Waals surface area contributed by atoms with E-state index in [0.717, 1.165) is 5.56 Å². The molecule has 4 aromatic rings. The minimum absolute atomic E-state index is 0.0648. The average molecular weight is 416 g/mol. The SMILES string of the molecule is Cc1onc(-c2ccccc2)c1C(=O)N/N=C/c1ccc(-c2ccccc2[N+](=O)[O-])o1. The zero-order valence-corrected chi connectivity index (χ0v) is 16.3. The summed E-state index contributed by atoms with van der Waals surface area (Å²) in [4.78, 5) is 23.3. The molecule has 0 bridgehead atoms. The maximum absolute atomic E-state index is 12.6.